The van der Waals surface area contributed by atoms with Crippen LogP contribution in [-0.2, 0) is 10.0 Å². The second-order valence-electron chi connectivity index (χ2n) is 3.59. The number of rotatable bonds is 4. The molecular formula is C11H11BrN4O2S. The van der Waals surface area contributed by atoms with Crippen molar-refractivity contribution in [1.82, 2.24) is 9.97 Å². The number of nitrogens with one attached hydrogen (secondary N) is 2. The maximum Gasteiger partial charge on any atom is 0.263 e. The summed E-state index contributed by atoms with van der Waals surface area (Å²) in [5.41, 5.74) is 0. The van der Waals surface area contributed by atoms with Gasteiger partial charge >= 0.3 is 0 Å². The maximum atomic E-state index is 12.1. The quantitative estimate of drug-likeness (QED) is 0.888. The molecule has 0 fully saturated rings. The van der Waals surface area contributed by atoms with Crippen molar-refractivity contribution in [2.75, 3.05) is 17.1 Å². The third-order valence-corrected chi connectivity index (χ3v) is 4.09. The average Bonchev–Trinajstić information content (AvgIpc) is 2.41. The Bertz CT molecular complexity index is 673. The molecule has 2 N–H and O–H groups in total. The zero-order chi connectivity index (χ0) is 13.9. The number of nitrogens with zero attached hydrogens (tertiary/aromatic N) is 2. The molecular weight excluding hydrogens is 332 g/mol. The molecule has 2 aromatic heterocycles. The number of halogens is 1. The first kappa shape index (κ1) is 13.8. The lowest BCUT2D eigenvalue weighted by molar-refractivity contribution is 0.601. The number of aromatic nitrogens is 2. The van der Waals surface area contributed by atoms with E-state index in [0.717, 1.165) is 4.47 Å². The van der Waals surface area contributed by atoms with Gasteiger partial charge in [0.15, 0.2) is 0 Å². The number of sulfonamides is 1. The lowest BCUT2D eigenvalue weighted by Gasteiger charge is -2.08. The fourth-order valence-electron chi connectivity index (χ4n) is 1.35. The van der Waals surface area contributed by atoms with Gasteiger partial charge in [0.25, 0.3) is 10.0 Å². The van der Waals surface area contributed by atoms with E-state index in [1.54, 1.807) is 19.2 Å². The van der Waals surface area contributed by atoms with Gasteiger partial charge in [-0.15, -0.1) is 0 Å². The van der Waals surface area contributed by atoms with Crippen LogP contribution >= 0.6 is 15.9 Å². The Balaban J connectivity index is 2.29. The normalized spacial score (nSPS) is 11.1. The molecule has 0 saturated heterocycles. The molecule has 100 valence electrons. The van der Waals surface area contributed by atoms with Gasteiger partial charge in [-0.25, -0.2) is 18.4 Å². The number of hydrogen-bond acceptors (Lipinski definition) is 5. The molecule has 0 aromatic carbocycles. The molecule has 8 heteroatoms. The van der Waals surface area contributed by atoms with Crippen LogP contribution in [0.25, 0.3) is 0 Å². The van der Waals surface area contributed by atoms with E-state index in [1.807, 2.05) is 0 Å². The van der Waals surface area contributed by atoms with Crippen LogP contribution in [0.4, 0.5) is 11.6 Å². The standard InChI is InChI=1S/C11H11BrN4O2S/c1-13-11-6-9(4-5-14-11)19(17,18)16-10-3-2-8(12)7-15-10/h2-7H,1H3,(H,13,14)(H,15,16). The SMILES string of the molecule is CNc1cc(S(=O)(=O)Nc2ccc(Br)cn2)ccn1. The first-order valence-corrected chi connectivity index (χ1v) is 7.57. The van der Waals surface area contributed by atoms with Gasteiger partial charge in [-0.2, -0.15) is 0 Å². The fraction of sp³-hybridized carbons (Fsp3) is 0.0909. The highest BCUT2D eigenvalue weighted by atomic mass is 79.9. The van der Waals surface area contributed by atoms with Crippen LogP contribution in [0.1, 0.15) is 0 Å². The monoisotopic (exact) mass is 342 g/mol. The van der Waals surface area contributed by atoms with Crippen molar-refractivity contribution in [3.8, 4) is 0 Å². The van der Waals surface area contributed by atoms with E-state index in [2.05, 4.69) is 35.9 Å². The van der Waals surface area contributed by atoms with Crippen molar-refractivity contribution in [2.45, 2.75) is 4.90 Å². The molecule has 2 heterocycles. The molecule has 0 aliphatic heterocycles. The summed E-state index contributed by atoms with van der Waals surface area (Å²) < 4.78 is 27.4. The summed E-state index contributed by atoms with van der Waals surface area (Å²) in [6, 6.07) is 6.14. The molecule has 19 heavy (non-hydrogen) atoms. The zero-order valence-electron chi connectivity index (χ0n) is 9.96. The lowest BCUT2D eigenvalue weighted by atomic mass is 10.5. The Morgan fingerprint density at radius 2 is 1.95 bits per heavy atom. The average molecular weight is 343 g/mol. The van der Waals surface area contributed by atoms with Crippen LogP contribution in [0.5, 0.6) is 0 Å². The van der Waals surface area contributed by atoms with Gasteiger partial charge < -0.3 is 5.32 Å². The highest BCUT2D eigenvalue weighted by Crippen LogP contribution is 2.17. The molecule has 0 bridgehead atoms. The first-order valence-electron chi connectivity index (χ1n) is 5.29. The van der Waals surface area contributed by atoms with Gasteiger partial charge in [0.2, 0.25) is 0 Å². The van der Waals surface area contributed by atoms with Crippen molar-refractivity contribution in [3.05, 3.63) is 41.1 Å². The van der Waals surface area contributed by atoms with Crippen LogP contribution in [0, 0.1) is 0 Å². The summed E-state index contributed by atoms with van der Waals surface area (Å²) in [6.07, 6.45) is 2.94. The molecule has 2 rings (SSSR count). The minimum atomic E-state index is -3.67. The molecule has 0 radical (unpaired) electrons. The summed E-state index contributed by atoms with van der Waals surface area (Å²) in [5.74, 6) is 0.734. The predicted molar refractivity (Wildman–Crippen MR) is 76.5 cm³/mol. The Kier molecular flexibility index (Phi) is 4.01. The Labute approximate surface area is 119 Å². The summed E-state index contributed by atoms with van der Waals surface area (Å²) in [5, 5.41) is 2.79. The Morgan fingerprint density at radius 3 is 2.58 bits per heavy atom. The van der Waals surface area contributed by atoms with E-state index < -0.39 is 10.0 Å². The third-order valence-electron chi connectivity index (χ3n) is 2.26. The third kappa shape index (κ3) is 3.42. The van der Waals surface area contributed by atoms with Crippen LogP contribution in [0.15, 0.2) is 46.0 Å². The van der Waals surface area contributed by atoms with Gasteiger partial charge in [0.1, 0.15) is 11.6 Å². The van der Waals surface area contributed by atoms with E-state index >= 15 is 0 Å². The highest BCUT2D eigenvalue weighted by Gasteiger charge is 2.15. The molecule has 0 spiro atoms. The Hall–Kier alpha value is -1.67. The minimum Gasteiger partial charge on any atom is -0.373 e. The van der Waals surface area contributed by atoms with E-state index in [1.165, 1.54) is 24.5 Å². The summed E-state index contributed by atoms with van der Waals surface area (Å²) in [6.45, 7) is 0. The van der Waals surface area contributed by atoms with Crippen LogP contribution in [0.3, 0.4) is 0 Å². The molecule has 0 aliphatic carbocycles. The van der Waals surface area contributed by atoms with Gasteiger partial charge in [0.05, 0.1) is 4.90 Å². The van der Waals surface area contributed by atoms with Crippen LogP contribution in [0.2, 0.25) is 0 Å². The topological polar surface area (TPSA) is 84.0 Å². The predicted octanol–water partition coefficient (Wildman–Crippen LogP) is 2.08. The smallest absolute Gasteiger partial charge is 0.263 e. The summed E-state index contributed by atoms with van der Waals surface area (Å²) >= 11 is 3.23. The van der Waals surface area contributed by atoms with Crippen molar-refractivity contribution in [1.29, 1.82) is 0 Å². The van der Waals surface area contributed by atoms with Crippen molar-refractivity contribution in [3.63, 3.8) is 0 Å². The van der Waals surface area contributed by atoms with E-state index in [9.17, 15) is 8.42 Å². The molecule has 2 aromatic rings. The molecule has 0 aliphatic rings. The minimum absolute atomic E-state index is 0.122. The number of anilines is 2. The van der Waals surface area contributed by atoms with Crippen LogP contribution < -0.4 is 10.0 Å². The van der Waals surface area contributed by atoms with Crippen molar-refractivity contribution in [2.24, 2.45) is 0 Å². The van der Waals surface area contributed by atoms with E-state index in [-0.39, 0.29) is 10.7 Å². The largest absolute Gasteiger partial charge is 0.373 e. The first-order chi connectivity index (χ1) is 9.01. The molecule has 0 atom stereocenters. The summed E-state index contributed by atoms with van der Waals surface area (Å²) in [7, 11) is -2.00. The maximum absolute atomic E-state index is 12.1. The second-order valence-corrected chi connectivity index (χ2v) is 6.19. The molecule has 0 unspecified atom stereocenters. The second kappa shape index (κ2) is 5.54. The number of hydrogen-bond donors (Lipinski definition) is 2. The summed E-state index contributed by atoms with van der Waals surface area (Å²) in [4.78, 5) is 8.05. The van der Waals surface area contributed by atoms with E-state index in [4.69, 9.17) is 0 Å². The fourth-order valence-corrected chi connectivity index (χ4v) is 2.60. The zero-order valence-corrected chi connectivity index (χ0v) is 12.4. The lowest BCUT2D eigenvalue weighted by Crippen LogP contribution is -2.14. The van der Waals surface area contributed by atoms with Crippen LogP contribution in [-0.4, -0.2) is 25.4 Å². The van der Waals surface area contributed by atoms with Gasteiger partial charge in [0, 0.05) is 30.0 Å². The molecule has 6 nitrogen and oxygen atoms in total. The number of pyridine rings is 2. The van der Waals surface area contributed by atoms with Gasteiger partial charge in [-0.05, 0) is 34.1 Å². The van der Waals surface area contributed by atoms with Gasteiger partial charge in [-0.3, -0.25) is 4.72 Å². The molecule has 0 amide bonds. The Morgan fingerprint density at radius 1 is 1.16 bits per heavy atom. The van der Waals surface area contributed by atoms with Crippen molar-refractivity contribution < 1.29 is 8.42 Å². The van der Waals surface area contributed by atoms with Gasteiger partial charge in [-0.1, -0.05) is 0 Å². The highest BCUT2D eigenvalue weighted by molar-refractivity contribution is 9.10. The molecule has 0 saturated carbocycles. The van der Waals surface area contributed by atoms with E-state index in [0.29, 0.717) is 5.82 Å². The van der Waals surface area contributed by atoms with Crippen molar-refractivity contribution >= 4 is 37.6 Å².